The zero-order valence-electron chi connectivity index (χ0n) is 11.4. The van der Waals surface area contributed by atoms with Gasteiger partial charge in [-0.3, -0.25) is 20.4 Å². The zero-order valence-corrected chi connectivity index (χ0v) is 12.2. The lowest BCUT2D eigenvalue weighted by atomic mass is 10.3. The lowest BCUT2D eigenvalue weighted by Crippen LogP contribution is -2.43. The number of furan rings is 1. The van der Waals surface area contributed by atoms with Crippen molar-refractivity contribution in [2.45, 2.75) is 0 Å². The van der Waals surface area contributed by atoms with Gasteiger partial charge in [0.25, 0.3) is 11.8 Å². The summed E-state index contributed by atoms with van der Waals surface area (Å²) in [5.41, 5.74) is 4.43. The van der Waals surface area contributed by atoms with Crippen LogP contribution in [0.15, 0.2) is 53.2 Å². The average Bonchev–Trinajstić information content (AvgIpc) is 3.03. The Morgan fingerprint density at radius 3 is 2.73 bits per heavy atom. The van der Waals surface area contributed by atoms with Gasteiger partial charge in [-0.15, -0.1) is 0 Å². The van der Waals surface area contributed by atoms with Gasteiger partial charge in [-0.25, -0.2) is 0 Å². The monoisotopic (exact) mass is 320 g/mol. The highest BCUT2D eigenvalue weighted by molar-refractivity contribution is 6.32. The number of halogens is 1. The quantitative estimate of drug-likeness (QED) is 0.653. The van der Waals surface area contributed by atoms with Crippen molar-refractivity contribution in [2.75, 3.05) is 6.61 Å². The third kappa shape index (κ3) is 4.99. The molecule has 0 aliphatic heterocycles. The van der Waals surface area contributed by atoms with Gasteiger partial charge in [0.2, 0.25) is 0 Å². The summed E-state index contributed by atoms with van der Waals surface area (Å²) in [5, 5.41) is 0.403. The van der Waals surface area contributed by atoms with Crippen LogP contribution in [0.3, 0.4) is 0 Å². The minimum absolute atomic E-state index is 0.272. The average molecular weight is 321 g/mol. The Morgan fingerprint density at radius 1 is 1.18 bits per heavy atom. The fraction of sp³-hybridized carbons (Fsp3) is 0.0667. The normalized spacial score (nSPS) is 10.4. The molecule has 0 aliphatic carbocycles. The van der Waals surface area contributed by atoms with Crippen molar-refractivity contribution in [1.82, 2.24) is 10.9 Å². The van der Waals surface area contributed by atoms with Gasteiger partial charge in [-0.2, -0.15) is 0 Å². The number of carbonyl (C=O) groups excluding carboxylic acids is 2. The van der Waals surface area contributed by atoms with Crippen LogP contribution in [0.4, 0.5) is 0 Å². The summed E-state index contributed by atoms with van der Waals surface area (Å²) in [4.78, 5) is 23.0. The van der Waals surface area contributed by atoms with Crippen LogP contribution >= 0.6 is 11.6 Å². The van der Waals surface area contributed by atoms with E-state index in [-0.39, 0.29) is 6.61 Å². The molecule has 2 rings (SSSR count). The van der Waals surface area contributed by atoms with Gasteiger partial charge in [-0.1, -0.05) is 23.7 Å². The van der Waals surface area contributed by atoms with Gasteiger partial charge in [0.1, 0.15) is 11.5 Å². The van der Waals surface area contributed by atoms with Crippen molar-refractivity contribution in [1.29, 1.82) is 0 Å². The third-order valence-electron chi connectivity index (χ3n) is 2.46. The van der Waals surface area contributed by atoms with Crippen molar-refractivity contribution in [2.24, 2.45) is 0 Å². The van der Waals surface area contributed by atoms with Crippen molar-refractivity contribution in [3.63, 3.8) is 0 Å². The molecule has 114 valence electrons. The summed E-state index contributed by atoms with van der Waals surface area (Å²) in [6, 6.07) is 10.2. The zero-order chi connectivity index (χ0) is 15.8. The summed E-state index contributed by atoms with van der Waals surface area (Å²) >= 11 is 5.88. The second-order valence-electron chi connectivity index (χ2n) is 4.11. The first-order valence-electron chi connectivity index (χ1n) is 6.33. The maximum Gasteiger partial charge on any atom is 0.276 e. The predicted molar refractivity (Wildman–Crippen MR) is 81.0 cm³/mol. The van der Waals surface area contributed by atoms with E-state index in [2.05, 4.69) is 10.9 Å². The molecule has 2 aromatic rings. The minimum Gasteiger partial charge on any atom is -0.482 e. The van der Waals surface area contributed by atoms with E-state index in [1.807, 2.05) is 0 Å². The molecule has 0 fully saturated rings. The highest BCUT2D eigenvalue weighted by Gasteiger charge is 2.05. The smallest absolute Gasteiger partial charge is 0.276 e. The van der Waals surface area contributed by atoms with Crippen LogP contribution in [0.5, 0.6) is 5.75 Å². The maximum atomic E-state index is 11.5. The van der Waals surface area contributed by atoms with E-state index in [0.717, 1.165) is 0 Å². The predicted octanol–water partition coefficient (Wildman–Crippen LogP) is 2.17. The summed E-state index contributed by atoms with van der Waals surface area (Å²) in [6.07, 6.45) is 4.20. The van der Waals surface area contributed by atoms with E-state index in [9.17, 15) is 9.59 Å². The van der Waals surface area contributed by atoms with Gasteiger partial charge in [0.15, 0.2) is 6.61 Å². The van der Waals surface area contributed by atoms with E-state index >= 15 is 0 Å². The molecule has 0 spiro atoms. The summed E-state index contributed by atoms with van der Waals surface area (Å²) in [5.74, 6) is -0.0888. The van der Waals surface area contributed by atoms with E-state index in [1.54, 1.807) is 36.4 Å². The molecular weight excluding hydrogens is 308 g/mol. The molecule has 22 heavy (non-hydrogen) atoms. The standard InChI is InChI=1S/C15H13ClN2O4/c16-12-5-1-2-6-13(12)22-10-15(20)18-17-14(19)8-7-11-4-3-9-21-11/h1-9H,10H2,(H,17,19)(H,18,20). The molecule has 0 aliphatic rings. The lowest BCUT2D eigenvalue weighted by molar-refractivity contribution is -0.128. The Labute approximate surface area is 131 Å². The Kier molecular flexibility index (Phi) is 5.62. The largest absolute Gasteiger partial charge is 0.482 e. The van der Waals surface area contributed by atoms with E-state index in [1.165, 1.54) is 18.4 Å². The molecule has 7 heteroatoms. The number of rotatable bonds is 5. The lowest BCUT2D eigenvalue weighted by Gasteiger charge is -2.08. The molecule has 1 heterocycles. The second kappa shape index (κ2) is 7.90. The number of ether oxygens (including phenoxy) is 1. The molecule has 1 aromatic carbocycles. The molecule has 2 N–H and O–H groups in total. The first-order valence-corrected chi connectivity index (χ1v) is 6.70. The van der Waals surface area contributed by atoms with Crippen molar-refractivity contribution >= 4 is 29.5 Å². The number of para-hydroxylation sites is 1. The first-order chi connectivity index (χ1) is 10.6. The van der Waals surface area contributed by atoms with Crippen LogP contribution in [0.1, 0.15) is 5.76 Å². The topological polar surface area (TPSA) is 80.6 Å². The van der Waals surface area contributed by atoms with Crippen LogP contribution in [0.2, 0.25) is 5.02 Å². The molecule has 0 atom stereocenters. The number of nitrogens with one attached hydrogen (secondary N) is 2. The molecule has 2 amide bonds. The third-order valence-corrected chi connectivity index (χ3v) is 2.77. The fourth-order valence-electron chi connectivity index (χ4n) is 1.46. The number of carbonyl (C=O) groups is 2. The van der Waals surface area contributed by atoms with E-state index in [0.29, 0.717) is 16.5 Å². The van der Waals surface area contributed by atoms with Crippen molar-refractivity contribution in [3.05, 3.63) is 59.5 Å². The highest BCUT2D eigenvalue weighted by Crippen LogP contribution is 2.22. The number of hydrazine groups is 1. The van der Waals surface area contributed by atoms with Gasteiger partial charge >= 0.3 is 0 Å². The molecule has 1 aromatic heterocycles. The molecule has 0 radical (unpaired) electrons. The Balaban J connectivity index is 1.71. The summed E-state index contributed by atoms with van der Waals surface area (Å²) < 4.78 is 10.2. The van der Waals surface area contributed by atoms with Gasteiger partial charge < -0.3 is 9.15 Å². The van der Waals surface area contributed by atoms with Crippen LogP contribution in [0.25, 0.3) is 6.08 Å². The van der Waals surface area contributed by atoms with Crippen molar-refractivity contribution < 1.29 is 18.7 Å². The Bertz CT molecular complexity index is 668. The van der Waals surface area contributed by atoms with Gasteiger partial charge in [0, 0.05) is 6.08 Å². The SMILES string of the molecule is O=C(C=Cc1ccco1)NNC(=O)COc1ccccc1Cl. The summed E-state index contributed by atoms with van der Waals surface area (Å²) in [7, 11) is 0. The number of benzene rings is 1. The highest BCUT2D eigenvalue weighted by atomic mass is 35.5. The number of hydrogen-bond donors (Lipinski definition) is 2. The molecule has 6 nitrogen and oxygen atoms in total. The fourth-order valence-corrected chi connectivity index (χ4v) is 1.65. The van der Waals surface area contributed by atoms with Crippen LogP contribution in [-0.4, -0.2) is 18.4 Å². The Morgan fingerprint density at radius 2 is 2.00 bits per heavy atom. The van der Waals surface area contributed by atoms with E-state index in [4.69, 9.17) is 20.8 Å². The minimum atomic E-state index is -0.514. The molecule has 0 bridgehead atoms. The van der Waals surface area contributed by atoms with Crippen LogP contribution in [0, 0.1) is 0 Å². The van der Waals surface area contributed by atoms with Crippen LogP contribution < -0.4 is 15.6 Å². The Hall–Kier alpha value is -2.73. The first kappa shape index (κ1) is 15.7. The number of hydrogen-bond acceptors (Lipinski definition) is 4. The molecular formula is C15H13ClN2O4. The van der Waals surface area contributed by atoms with Gasteiger partial charge in [-0.05, 0) is 30.3 Å². The van der Waals surface area contributed by atoms with Crippen molar-refractivity contribution in [3.8, 4) is 5.75 Å². The van der Waals surface area contributed by atoms with E-state index < -0.39 is 11.8 Å². The molecule has 0 saturated carbocycles. The summed E-state index contributed by atoms with van der Waals surface area (Å²) in [6.45, 7) is -0.272. The molecule has 0 unspecified atom stereocenters. The van der Waals surface area contributed by atoms with Crippen LogP contribution in [-0.2, 0) is 9.59 Å². The second-order valence-corrected chi connectivity index (χ2v) is 4.51. The molecule has 0 saturated heterocycles. The maximum absolute atomic E-state index is 11.5. The van der Waals surface area contributed by atoms with Gasteiger partial charge in [0.05, 0.1) is 11.3 Å². The number of amides is 2.